The average molecular weight is 332 g/mol. The lowest BCUT2D eigenvalue weighted by Gasteiger charge is -2.39. The Balaban J connectivity index is 1.57. The van der Waals surface area contributed by atoms with E-state index in [0.717, 1.165) is 0 Å². The average Bonchev–Trinajstić information content (AvgIpc) is 2.59. The Hall–Kier alpha value is -2.24. The van der Waals surface area contributed by atoms with Gasteiger partial charge in [0.2, 0.25) is 12.0 Å². The monoisotopic (exact) mass is 332 g/mol. The number of nitrogens with zero attached hydrogens (tertiary/aromatic N) is 2. The number of ether oxygens (including phenoxy) is 2. The van der Waals surface area contributed by atoms with Crippen LogP contribution in [0.5, 0.6) is 11.5 Å². The smallest absolute Gasteiger partial charge is 0.267 e. The van der Waals surface area contributed by atoms with E-state index in [1.54, 1.807) is 11.0 Å². The van der Waals surface area contributed by atoms with E-state index in [2.05, 4.69) is 0 Å². The van der Waals surface area contributed by atoms with Crippen LogP contribution in [0.4, 0.5) is 0 Å². The lowest BCUT2D eigenvalue weighted by Crippen LogP contribution is -2.56. The van der Waals surface area contributed by atoms with Crippen molar-refractivity contribution in [3.8, 4) is 11.5 Å². The van der Waals surface area contributed by atoms with Crippen LogP contribution in [-0.4, -0.2) is 60.5 Å². The molecule has 1 fully saturated rings. The fourth-order valence-corrected chi connectivity index (χ4v) is 2.95. The van der Waals surface area contributed by atoms with Gasteiger partial charge in [0.15, 0.2) is 11.5 Å². The molecule has 1 aromatic rings. The van der Waals surface area contributed by atoms with Gasteiger partial charge in [-0.15, -0.1) is 0 Å². The number of fused-ring (bicyclic) bond motifs is 1. The van der Waals surface area contributed by atoms with Crippen molar-refractivity contribution >= 4 is 11.8 Å². The van der Waals surface area contributed by atoms with Crippen molar-refractivity contribution < 1.29 is 19.1 Å². The molecule has 0 radical (unpaired) electrons. The molecule has 1 saturated heterocycles. The third-order valence-corrected chi connectivity index (χ3v) is 4.30. The quantitative estimate of drug-likeness (QED) is 0.783. The molecule has 0 saturated carbocycles. The van der Waals surface area contributed by atoms with Crippen LogP contribution >= 0.6 is 0 Å². The molecule has 2 aliphatic heterocycles. The van der Waals surface area contributed by atoms with E-state index >= 15 is 0 Å². The molecule has 1 unspecified atom stereocenters. The van der Waals surface area contributed by atoms with Crippen LogP contribution in [0.1, 0.15) is 20.8 Å². The van der Waals surface area contributed by atoms with E-state index in [1.165, 1.54) is 0 Å². The number of carbonyl (C=O) groups excluding carboxylic acids is 2. The van der Waals surface area contributed by atoms with E-state index < -0.39 is 11.5 Å². The molecule has 6 nitrogen and oxygen atoms in total. The second kappa shape index (κ2) is 6.34. The number of hydrogen-bond donors (Lipinski definition) is 0. The summed E-state index contributed by atoms with van der Waals surface area (Å²) >= 11 is 0. The van der Waals surface area contributed by atoms with Crippen LogP contribution in [0.25, 0.3) is 0 Å². The Bertz CT molecular complexity index is 630. The minimum atomic E-state index is -0.621. The summed E-state index contributed by atoms with van der Waals surface area (Å²) in [7, 11) is 0. The molecule has 0 bridgehead atoms. The molecule has 0 aliphatic carbocycles. The summed E-state index contributed by atoms with van der Waals surface area (Å²) in [4.78, 5) is 28.6. The zero-order valence-electron chi connectivity index (χ0n) is 14.4. The molecule has 130 valence electrons. The van der Waals surface area contributed by atoms with Crippen LogP contribution in [0, 0.1) is 5.41 Å². The Morgan fingerprint density at radius 2 is 1.58 bits per heavy atom. The van der Waals surface area contributed by atoms with Gasteiger partial charge in [0.1, 0.15) is 6.61 Å². The molecule has 2 aliphatic rings. The minimum absolute atomic E-state index is 0.0765. The number of piperazine rings is 1. The van der Waals surface area contributed by atoms with Crippen LogP contribution < -0.4 is 9.47 Å². The Labute approximate surface area is 142 Å². The van der Waals surface area contributed by atoms with Crippen molar-refractivity contribution in [3.05, 3.63) is 24.3 Å². The molecule has 2 amide bonds. The van der Waals surface area contributed by atoms with Crippen molar-refractivity contribution in [2.75, 3.05) is 32.8 Å². The Kier molecular flexibility index (Phi) is 4.39. The standard InChI is InChI=1S/C18H24N2O4/c1-18(2,3)17(22)20-10-8-19(9-11-20)16(21)15-12-23-13-6-4-5-7-14(13)24-15/h4-7,15H,8-12H2,1-3H3. The third kappa shape index (κ3) is 3.32. The first-order chi connectivity index (χ1) is 11.4. The van der Waals surface area contributed by atoms with E-state index in [1.807, 2.05) is 43.9 Å². The zero-order chi connectivity index (χ0) is 17.3. The van der Waals surface area contributed by atoms with Gasteiger partial charge in [-0.1, -0.05) is 32.9 Å². The molecule has 3 rings (SSSR count). The van der Waals surface area contributed by atoms with E-state index in [4.69, 9.17) is 9.47 Å². The summed E-state index contributed by atoms with van der Waals surface area (Å²) in [6.45, 7) is 8.14. The molecule has 6 heteroatoms. The highest BCUT2D eigenvalue weighted by Crippen LogP contribution is 2.31. The highest BCUT2D eigenvalue weighted by molar-refractivity contribution is 5.84. The van der Waals surface area contributed by atoms with Gasteiger partial charge in [-0.25, -0.2) is 0 Å². The summed E-state index contributed by atoms with van der Waals surface area (Å²) < 4.78 is 11.4. The molecule has 24 heavy (non-hydrogen) atoms. The molecule has 0 N–H and O–H groups in total. The van der Waals surface area contributed by atoms with Crippen LogP contribution in [-0.2, 0) is 9.59 Å². The van der Waals surface area contributed by atoms with E-state index in [9.17, 15) is 9.59 Å². The first-order valence-electron chi connectivity index (χ1n) is 8.33. The van der Waals surface area contributed by atoms with Crippen LogP contribution in [0.2, 0.25) is 0 Å². The number of amides is 2. The van der Waals surface area contributed by atoms with Crippen LogP contribution in [0.3, 0.4) is 0 Å². The maximum absolute atomic E-state index is 12.7. The van der Waals surface area contributed by atoms with Gasteiger partial charge in [-0.05, 0) is 12.1 Å². The molecule has 0 spiro atoms. The number of para-hydroxylation sites is 2. The largest absolute Gasteiger partial charge is 0.485 e. The second-order valence-electron chi connectivity index (χ2n) is 7.23. The maximum Gasteiger partial charge on any atom is 0.267 e. The van der Waals surface area contributed by atoms with Gasteiger partial charge in [0.25, 0.3) is 5.91 Å². The predicted molar refractivity (Wildman–Crippen MR) is 89.0 cm³/mol. The first kappa shape index (κ1) is 16.6. The van der Waals surface area contributed by atoms with Crippen molar-refractivity contribution in [2.24, 2.45) is 5.41 Å². The van der Waals surface area contributed by atoms with Gasteiger partial charge < -0.3 is 19.3 Å². The Morgan fingerprint density at radius 1 is 1.00 bits per heavy atom. The number of carbonyl (C=O) groups is 2. The minimum Gasteiger partial charge on any atom is -0.485 e. The number of rotatable bonds is 1. The Morgan fingerprint density at radius 3 is 2.21 bits per heavy atom. The molecular weight excluding hydrogens is 308 g/mol. The topological polar surface area (TPSA) is 59.1 Å². The highest BCUT2D eigenvalue weighted by atomic mass is 16.6. The van der Waals surface area contributed by atoms with Gasteiger partial charge >= 0.3 is 0 Å². The second-order valence-corrected chi connectivity index (χ2v) is 7.23. The molecule has 2 heterocycles. The fraction of sp³-hybridized carbons (Fsp3) is 0.556. The van der Waals surface area contributed by atoms with Gasteiger partial charge in [0, 0.05) is 31.6 Å². The van der Waals surface area contributed by atoms with Crippen molar-refractivity contribution in [2.45, 2.75) is 26.9 Å². The van der Waals surface area contributed by atoms with Gasteiger partial charge in [0.05, 0.1) is 0 Å². The summed E-state index contributed by atoms with van der Waals surface area (Å²) in [5, 5.41) is 0. The third-order valence-electron chi connectivity index (χ3n) is 4.30. The summed E-state index contributed by atoms with van der Waals surface area (Å²) in [5.74, 6) is 1.32. The van der Waals surface area contributed by atoms with E-state index in [-0.39, 0.29) is 18.4 Å². The van der Waals surface area contributed by atoms with Crippen LogP contribution in [0.15, 0.2) is 24.3 Å². The maximum atomic E-state index is 12.7. The summed E-state index contributed by atoms with van der Waals surface area (Å²) in [6.07, 6.45) is -0.621. The fourth-order valence-electron chi connectivity index (χ4n) is 2.95. The highest BCUT2D eigenvalue weighted by Gasteiger charge is 2.35. The van der Waals surface area contributed by atoms with Crippen molar-refractivity contribution in [1.82, 2.24) is 9.80 Å². The number of benzene rings is 1. The SMILES string of the molecule is CC(C)(C)C(=O)N1CCN(C(=O)C2COc3ccccc3O2)CC1. The number of hydrogen-bond acceptors (Lipinski definition) is 4. The van der Waals surface area contributed by atoms with Crippen molar-refractivity contribution in [3.63, 3.8) is 0 Å². The zero-order valence-corrected chi connectivity index (χ0v) is 14.4. The van der Waals surface area contributed by atoms with Gasteiger partial charge in [-0.2, -0.15) is 0 Å². The molecular formula is C18H24N2O4. The van der Waals surface area contributed by atoms with E-state index in [0.29, 0.717) is 37.7 Å². The first-order valence-corrected chi connectivity index (χ1v) is 8.33. The lowest BCUT2D eigenvalue weighted by molar-refractivity contribution is -0.149. The summed E-state index contributed by atoms with van der Waals surface area (Å²) in [5.41, 5.74) is -0.393. The summed E-state index contributed by atoms with van der Waals surface area (Å²) in [6, 6.07) is 7.35. The van der Waals surface area contributed by atoms with Gasteiger partial charge in [-0.3, -0.25) is 9.59 Å². The predicted octanol–water partition coefficient (Wildman–Crippen LogP) is 1.54. The normalized spacial score (nSPS) is 20.7. The molecule has 0 aromatic heterocycles. The lowest BCUT2D eigenvalue weighted by atomic mass is 9.94. The van der Waals surface area contributed by atoms with Crippen molar-refractivity contribution in [1.29, 1.82) is 0 Å². The molecule has 1 aromatic carbocycles. The molecule has 1 atom stereocenters.